The van der Waals surface area contributed by atoms with Crippen molar-refractivity contribution in [3.8, 4) is 6.07 Å². The summed E-state index contributed by atoms with van der Waals surface area (Å²) >= 11 is 5.61. The van der Waals surface area contributed by atoms with Crippen LogP contribution in [0.15, 0.2) is 35.9 Å². The van der Waals surface area contributed by atoms with E-state index in [1.54, 1.807) is 5.54 Å². The average molecular weight is 246 g/mol. The van der Waals surface area contributed by atoms with Crippen molar-refractivity contribution in [2.75, 3.05) is 0 Å². The van der Waals surface area contributed by atoms with Crippen molar-refractivity contribution < 1.29 is 0 Å². The first kappa shape index (κ1) is 12.2. The van der Waals surface area contributed by atoms with Crippen LogP contribution in [0.25, 0.3) is 0 Å². The normalized spacial score (nSPS) is 24.7. The molecule has 0 bridgehead atoms. The molecule has 1 aliphatic carbocycles. The molecular weight excluding hydrogens is 230 g/mol. The minimum atomic E-state index is 0.655. The third kappa shape index (κ3) is 3.11. The second-order valence-electron chi connectivity index (χ2n) is 4.66. The van der Waals surface area contributed by atoms with E-state index in [0.29, 0.717) is 11.8 Å². The van der Waals surface area contributed by atoms with Gasteiger partial charge in [0.25, 0.3) is 0 Å². The average Bonchev–Trinajstić information content (AvgIpc) is 2.40. The van der Waals surface area contributed by atoms with E-state index in [1.165, 1.54) is 31.2 Å². The monoisotopic (exact) mass is 245 g/mol. The van der Waals surface area contributed by atoms with E-state index in [-0.39, 0.29) is 0 Å². The first-order valence-corrected chi connectivity index (χ1v) is 6.54. The summed E-state index contributed by atoms with van der Waals surface area (Å²) in [5.74, 6) is 1.31. The lowest BCUT2D eigenvalue weighted by atomic mass is 9.79. The zero-order valence-electron chi connectivity index (χ0n) is 9.77. The van der Waals surface area contributed by atoms with Crippen LogP contribution in [0.2, 0.25) is 0 Å². The topological polar surface area (TPSA) is 23.8 Å². The third-order valence-corrected chi connectivity index (χ3v) is 3.77. The van der Waals surface area contributed by atoms with Gasteiger partial charge in [-0.05, 0) is 55.2 Å². The van der Waals surface area contributed by atoms with E-state index in [9.17, 15) is 0 Å². The number of benzene rings is 1. The Kier molecular flexibility index (Phi) is 4.23. The fraction of sp³-hybridized carbons (Fsp3) is 0.400. The Morgan fingerprint density at radius 3 is 2.29 bits per heavy atom. The zero-order valence-corrected chi connectivity index (χ0v) is 10.5. The van der Waals surface area contributed by atoms with Crippen molar-refractivity contribution in [3.63, 3.8) is 0 Å². The molecule has 0 saturated heterocycles. The summed E-state index contributed by atoms with van der Waals surface area (Å²) < 4.78 is 0. The minimum absolute atomic E-state index is 0.655. The molecule has 1 saturated carbocycles. The molecule has 88 valence electrons. The Balaban J connectivity index is 1.98. The number of nitriles is 1. The molecule has 0 aromatic heterocycles. The highest BCUT2D eigenvalue weighted by atomic mass is 35.5. The number of rotatable bonds is 2. The van der Waals surface area contributed by atoms with Gasteiger partial charge in [0, 0.05) is 5.54 Å². The van der Waals surface area contributed by atoms with Gasteiger partial charge in [-0.1, -0.05) is 29.8 Å². The van der Waals surface area contributed by atoms with E-state index >= 15 is 0 Å². The van der Waals surface area contributed by atoms with E-state index in [2.05, 4.69) is 24.3 Å². The highest BCUT2D eigenvalue weighted by Crippen LogP contribution is 2.36. The molecule has 0 unspecified atom stereocenters. The van der Waals surface area contributed by atoms with Crippen LogP contribution in [0.4, 0.5) is 0 Å². The molecule has 2 rings (SSSR count). The molecule has 0 atom stereocenters. The van der Waals surface area contributed by atoms with Gasteiger partial charge < -0.3 is 0 Å². The van der Waals surface area contributed by atoms with E-state index in [0.717, 1.165) is 5.56 Å². The van der Waals surface area contributed by atoms with Crippen molar-refractivity contribution >= 4 is 11.6 Å². The fourth-order valence-electron chi connectivity index (χ4n) is 2.58. The van der Waals surface area contributed by atoms with Gasteiger partial charge in [-0.3, -0.25) is 0 Å². The zero-order chi connectivity index (χ0) is 12.1. The summed E-state index contributed by atoms with van der Waals surface area (Å²) in [6, 6.07) is 10.2. The van der Waals surface area contributed by atoms with Crippen molar-refractivity contribution in [2.24, 2.45) is 5.92 Å². The highest BCUT2D eigenvalue weighted by molar-refractivity contribution is 6.25. The summed E-state index contributed by atoms with van der Waals surface area (Å²) in [6.07, 6.45) is 6.98. The van der Waals surface area contributed by atoms with Crippen LogP contribution in [0.1, 0.15) is 42.7 Å². The molecule has 0 N–H and O–H groups in total. The first-order valence-electron chi connectivity index (χ1n) is 6.10. The molecule has 1 aromatic rings. The summed E-state index contributed by atoms with van der Waals surface area (Å²) in [5.41, 5.74) is 3.76. The van der Waals surface area contributed by atoms with Gasteiger partial charge >= 0.3 is 0 Å². The molecule has 0 spiro atoms. The SMILES string of the molecule is N#Cc1ccc([C@H]2CC[C@H](/C=C/Cl)CC2)cc1. The van der Waals surface area contributed by atoms with E-state index < -0.39 is 0 Å². The molecule has 0 aliphatic heterocycles. The summed E-state index contributed by atoms with van der Waals surface area (Å²) in [6.45, 7) is 0. The lowest BCUT2D eigenvalue weighted by Gasteiger charge is -2.26. The van der Waals surface area contributed by atoms with Crippen LogP contribution in [-0.4, -0.2) is 0 Å². The number of halogens is 1. The Morgan fingerprint density at radius 1 is 1.12 bits per heavy atom. The molecule has 1 nitrogen and oxygen atoms in total. The minimum Gasteiger partial charge on any atom is -0.192 e. The second-order valence-corrected chi connectivity index (χ2v) is 4.92. The van der Waals surface area contributed by atoms with Crippen molar-refractivity contribution in [1.82, 2.24) is 0 Å². The smallest absolute Gasteiger partial charge is 0.0991 e. The van der Waals surface area contributed by atoms with Crippen molar-refractivity contribution in [2.45, 2.75) is 31.6 Å². The number of hydrogen-bond donors (Lipinski definition) is 0. The molecule has 0 heterocycles. The van der Waals surface area contributed by atoms with Crippen LogP contribution in [0.3, 0.4) is 0 Å². The molecule has 1 fully saturated rings. The standard InChI is InChI=1S/C15H16ClN/c16-10-9-12-1-5-14(6-2-12)15-7-3-13(11-17)4-8-15/h3-4,7-10,12,14H,1-2,5-6H2/b10-9+/t12-,14-. The lowest BCUT2D eigenvalue weighted by molar-refractivity contribution is 0.376. The predicted octanol–water partition coefficient (Wildman–Crippen LogP) is 4.58. The molecule has 17 heavy (non-hydrogen) atoms. The number of hydrogen-bond acceptors (Lipinski definition) is 1. The van der Waals surface area contributed by atoms with Crippen LogP contribution in [0.5, 0.6) is 0 Å². The lowest BCUT2D eigenvalue weighted by Crippen LogP contribution is -2.11. The fourth-order valence-corrected chi connectivity index (χ4v) is 2.78. The molecule has 0 radical (unpaired) electrons. The maximum atomic E-state index is 8.76. The summed E-state index contributed by atoms with van der Waals surface area (Å²) in [4.78, 5) is 0. The van der Waals surface area contributed by atoms with Gasteiger partial charge in [0.05, 0.1) is 11.6 Å². The van der Waals surface area contributed by atoms with Gasteiger partial charge in [-0.15, -0.1) is 0 Å². The number of nitrogens with zero attached hydrogens (tertiary/aromatic N) is 1. The van der Waals surface area contributed by atoms with E-state index in [4.69, 9.17) is 16.9 Å². The molecular formula is C15H16ClN. The van der Waals surface area contributed by atoms with Gasteiger partial charge in [0.1, 0.15) is 0 Å². The van der Waals surface area contributed by atoms with Crippen LogP contribution >= 0.6 is 11.6 Å². The molecule has 1 aliphatic rings. The Bertz CT molecular complexity index is 419. The Morgan fingerprint density at radius 2 is 1.76 bits per heavy atom. The Hall–Kier alpha value is -1.26. The largest absolute Gasteiger partial charge is 0.192 e. The van der Waals surface area contributed by atoms with Crippen LogP contribution in [0, 0.1) is 17.2 Å². The maximum Gasteiger partial charge on any atom is 0.0991 e. The second kappa shape index (κ2) is 5.89. The maximum absolute atomic E-state index is 8.76. The van der Waals surface area contributed by atoms with Gasteiger partial charge in [0.15, 0.2) is 0 Å². The third-order valence-electron chi connectivity index (χ3n) is 3.63. The van der Waals surface area contributed by atoms with E-state index in [1.807, 2.05) is 12.1 Å². The van der Waals surface area contributed by atoms with Crippen LogP contribution < -0.4 is 0 Å². The molecule has 0 amide bonds. The quantitative estimate of drug-likeness (QED) is 0.748. The van der Waals surface area contributed by atoms with Gasteiger partial charge in [-0.25, -0.2) is 0 Å². The highest BCUT2D eigenvalue weighted by Gasteiger charge is 2.20. The Labute approximate surface area is 108 Å². The van der Waals surface area contributed by atoms with Gasteiger partial charge in [-0.2, -0.15) is 5.26 Å². The first-order chi connectivity index (χ1) is 8.33. The molecule has 2 heteroatoms. The van der Waals surface area contributed by atoms with Crippen LogP contribution in [-0.2, 0) is 0 Å². The van der Waals surface area contributed by atoms with Crippen molar-refractivity contribution in [1.29, 1.82) is 5.26 Å². The summed E-state index contributed by atoms with van der Waals surface area (Å²) in [5, 5.41) is 8.76. The predicted molar refractivity (Wildman–Crippen MR) is 70.8 cm³/mol. The van der Waals surface area contributed by atoms with Gasteiger partial charge in [0.2, 0.25) is 0 Å². The van der Waals surface area contributed by atoms with Crippen molar-refractivity contribution in [3.05, 3.63) is 47.0 Å². The molecule has 1 aromatic carbocycles. The summed E-state index contributed by atoms with van der Waals surface area (Å²) in [7, 11) is 0. The number of allylic oxidation sites excluding steroid dienone is 1.